The first-order valence-electron chi connectivity index (χ1n) is 7.33. The molecule has 1 aromatic rings. The van der Waals surface area contributed by atoms with Crippen molar-refractivity contribution in [3.05, 3.63) is 29.3 Å². The first kappa shape index (κ1) is 17.2. The van der Waals surface area contributed by atoms with E-state index in [-0.39, 0.29) is 11.3 Å². The van der Waals surface area contributed by atoms with Crippen molar-refractivity contribution in [2.45, 2.75) is 51.2 Å². The van der Waals surface area contributed by atoms with Gasteiger partial charge in [-0.25, -0.2) is 0 Å². The van der Waals surface area contributed by atoms with Gasteiger partial charge in [0.1, 0.15) is 5.75 Å². The van der Waals surface area contributed by atoms with Crippen LogP contribution in [-0.2, 0) is 16.6 Å². The average Bonchev–Trinajstić information content (AvgIpc) is 2.47. The summed E-state index contributed by atoms with van der Waals surface area (Å²) in [7, 11) is 1.09. The minimum absolute atomic E-state index is 0.217. The van der Waals surface area contributed by atoms with Crippen LogP contribution >= 0.6 is 0 Å². The van der Waals surface area contributed by atoms with Crippen molar-refractivity contribution in [3.8, 4) is 5.75 Å². The Labute approximate surface area is 125 Å². The highest BCUT2D eigenvalue weighted by Gasteiger charge is 2.14. The van der Waals surface area contributed by atoms with Crippen LogP contribution in [0.3, 0.4) is 0 Å². The van der Waals surface area contributed by atoms with Crippen LogP contribution in [0.15, 0.2) is 18.2 Å². The quantitative estimate of drug-likeness (QED) is 0.799. The molecule has 0 aromatic heterocycles. The zero-order chi connectivity index (χ0) is 15.1. The van der Waals surface area contributed by atoms with Crippen molar-refractivity contribution >= 4 is 10.8 Å². The van der Waals surface area contributed by atoms with Crippen molar-refractivity contribution in [1.82, 2.24) is 5.32 Å². The molecule has 0 aliphatic heterocycles. The number of ether oxygens (including phenoxy) is 1. The molecule has 20 heavy (non-hydrogen) atoms. The zero-order valence-corrected chi connectivity index (χ0v) is 14.0. The van der Waals surface area contributed by atoms with Gasteiger partial charge in [-0.15, -0.1) is 0 Å². The summed E-state index contributed by atoms with van der Waals surface area (Å²) in [5, 5.41) is 3.45. The van der Waals surface area contributed by atoms with Crippen molar-refractivity contribution in [2.24, 2.45) is 0 Å². The fourth-order valence-electron chi connectivity index (χ4n) is 1.93. The van der Waals surface area contributed by atoms with E-state index in [1.54, 1.807) is 0 Å². The molecular weight excluding hydrogens is 270 g/mol. The molecule has 0 saturated carbocycles. The Morgan fingerprint density at radius 1 is 1.30 bits per heavy atom. The minimum atomic E-state index is -0.853. The lowest BCUT2D eigenvalue weighted by atomic mass is 10.1. The molecule has 0 saturated heterocycles. The molecule has 1 rings (SSSR count). The summed E-state index contributed by atoms with van der Waals surface area (Å²) in [6, 6.07) is 6.46. The summed E-state index contributed by atoms with van der Waals surface area (Å²) in [4.78, 5) is 0. The van der Waals surface area contributed by atoms with E-state index in [0.717, 1.165) is 17.7 Å². The second kappa shape index (κ2) is 8.42. The molecule has 3 unspecified atom stereocenters. The standard InChI is InChI=1S/C16H27NO2S/c1-6-12(3)20(18)11-15-10-14(13(4)17-5)8-9-16(15)19-7-2/h8-10,12-13,17H,6-7,11H2,1-5H3. The smallest absolute Gasteiger partial charge is 0.123 e. The number of hydrogen-bond donors (Lipinski definition) is 1. The second-order valence-electron chi connectivity index (χ2n) is 5.05. The first-order valence-corrected chi connectivity index (χ1v) is 8.71. The molecule has 4 heteroatoms. The molecule has 0 aliphatic rings. The van der Waals surface area contributed by atoms with Gasteiger partial charge in [0.15, 0.2) is 0 Å². The monoisotopic (exact) mass is 297 g/mol. The van der Waals surface area contributed by atoms with Gasteiger partial charge in [-0.2, -0.15) is 0 Å². The van der Waals surface area contributed by atoms with Crippen LogP contribution in [0.1, 0.15) is 51.3 Å². The second-order valence-corrected chi connectivity index (χ2v) is 6.91. The van der Waals surface area contributed by atoms with Gasteiger partial charge >= 0.3 is 0 Å². The number of hydrogen-bond acceptors (Lipinski definition) is 3. The van der Waals surface area contributed by atoms with Crippen LogP contribution in [-0.4, -0.2) is 23.1 Å². The predicted octanol–water partition coefficient (Wildman–Crippen LogP) is 3.41. The fraction of sp³-hybridized carbons (Fsp3) is 0.625. The highest BCUT2D eigenvalue weighted by Crippen LogP contribution is 2.25. The first-order chi connectivity index (χ1) is 9.53. The molecule has 0 radical (unpaired) electrons. The summed E-state index contributed by atoms with van der Waals surface area (Å²) in [5.74, 6) is 1.42. The third kappa shape index (κ3) is 4.60. The number of benzene rings is 1. The summed E-state index contributed by atoms with van der Waals surface area (Å²) in [6.07, 6.45) is 0.934. The summed E-state index contributed by atoms with van der Waals surface area (Å²) < 4.78 is 18.0. The Balaban J connectivity index is 3.02. The van der Waals surface area contributed by atoms with Crippen LogP contribution in [0, 0.1) is 0 Å². The molecular formula is C16H27NO2S. The largest absolute Gasteiger partial charge is 0.494 e. The molecule has 0 spiro atoms. The highest BCUT2D eigenvalue weighted by atomic mass is 32.2. The van der Waals surface area contributed by atoms with E-state index < -0.39 is 10.8 Å². The predicted molar refractivity (Wildman–Crippen MR) is 86.7 cm³/mol. The lowest BCUT2D eigenvalue weighted by Crippen LogP contribution is -2.15. The van der Waals surface area contributed by atoms with Crippen LogP contribution in [0.5, 0.6) is 5.75 Å². The van der Waals surface area contributed by atoms with Crippen LogP contribution in [0.2, 0.25) is 0 Å². The van der Waals surface area contributed by atoms with Crippen molar-refractivity contribution in [1.29, 1.82) is 0 Å². The van der Waals surface area contributed by atoms with E-state index >= 15 is 0 Å². The molecule has 1 N–H and O–H groups in total. The van der Waals surface area contributed by atoms with Gasteiger partial charge in [-0.3, -0.25) is 4.21 Å². The van der Waals surface area contributed by atoms with Gasteiger partial charge in [0.25, 0.3) is 0 Å². The highest BCUT2D eigenvalue weighted by molar-refractivity contribution is 7.84. The SMILES string of the molecule is CCOc1ccc(C(C)NC)cc1CS(=O)C(C)CC. The zero-order valence-electron chi connectivity index (χ0n) is 13.2. The molecule has 3 nitrogen and oxygen atoms in total. The van der Waals surface area contributed by atoms with Crippen LogP contribution < -0.4 is 10.1 Å². The van der Waals surface area contributed by atoms with Crippen molar-refractivity contribution in [3.63, 3.8) is 0 Å². The Bertz CT molecular complexity index is 448. The van der Waals surface area contributed by atoms with Crippen molar-refractivity contribution in [2.75, 3.05) is 13.7 Å². The number of nitrogens with one attached hydrogen (secondary N) is 1. The van der Waals surface area contributed by atoms with Crippen LogP contribution in [0.25, 0.3) is 0 Å². The van der Waals surface area contributed by atoms with Crippen LogP contribution in [0.4, 0.5) is 0 Å². The summed E-state index contributed by atoms with van der Waals surface area (Å²) >= 11 is 0. The van der Waals surface area contributed by atoms with Gasteiger partial charge in [-0.1, -0.05) is 19.9 Å². The molecule has 114 valence electrons. The lowest BCUT2D eigenvalue weighted by molar-refractivity contribution is 0.337. The van der Waals surface area contributed by atoms with Gasteiger partial charge in [0.2, 0.25) is 0 Å². The maximum atomic E-state index is 12.3. The third-order valence-corrected chi connectivity index (χ3v) is 5.47. The van der Waals surface area contributed by atoms with E-state index in [4.69, 9.17) is 4.74 Å². The van der Waals surface area contributed by atoms with Gasteiger partial charge in [-0.05, 0) is 45.0 Å². The Hall–Kier alpha value is -0.870. The summed E-state index contributed by atoms with van der Waals surface area (Å²) in [5.41, 5.74) is 2.25. The number of rotatable bonds is 8. The molecule has 0 amide bonds. The van der Waals surface area contributed by atoms with E-state index in [1.165, 1.54) is 5.56 Å². The maximum Gasteiger partial charge on any atom is 0.123 e. The van der Waals surface area contributed by atoms with Gasteiger partial charge in [0.05, 0.1) is 12.4 Å². The molecule has 1 aromatic carbocycles. The Kier molecular flexibility index (Phi) is 7.24. The Morgan fingerprint density at radius 2 is 2.00 bits per heavy atom. The molecule has 0 fully saturated rings. The molecule has 0 heterocycles. The molecule has 3 atom stereocenters. The van der Waals surface area contributed by atoms with E-state index in [0.29, 0.717) is 12.4 Å². The molecule has 0 aliphatic carbocycles. The normalized spacial score (nSPS) is 15.7. The summed E-state index contributed by atoms with van der Waals surface area (Å²) in [6.45, 7) is 8.83. The topological polar surface area (TPSA) is 38.3 Å². The average molecular weight is 297 g/mol. The van der Waals surface area contributed by atoms with E-state index in [1.807, 2.05) is 27.0 Å². The Morgan fingerprint density at radius 3 is 2.55 bits per heavy atom. The fourth-order valence-corrected chi connectivity index (χ4v) is 3.11. The van der Waals surface area contributed by atoms with Gasteiger partial charge in [0, 0.05) is 27.7 Å². The lowest BCUT2D eigenvalue weighted by Gasteiger charge is -2.17. The van der Waals surface area contributed by atoms with Crippen molar-refractivity contribution < 1.29 is 8.95 Å². The third-order valence-electron chi connectivity index (χ3n) is 3.64. The van der Waals surface area contributed by atoms with E-state index in [2.05, 4.69) is 31.3 Å². The van der Waals surface area contributed by atoms with Gasteiger partial charge < -0.3 is 10.1 Å². The van der Waals surface area contributed by atoms with E-state index in [9.17, 15) is 4.21 Å². The minimum Gasteiger partial charge on any atom is -0.494 e. The molecule has 0 bridgehead atoms. The maximum absolute atomic E-state index is 12.3.